The molecule has 0 aliphatic carbocycles. The fourth-order valence-electron chi connectivity index (χ4n) is 1.17. The van der Waals surface area contributed by atoms with E-state index in [1.54, 1.807) is 7.11 Å². The molecule has 0 aliphatic heterocycles. The van der Waals surface area contributed by atoms with Gasteiger partial charge in [-0.15, -0.1) is 11.6 Å². The van der Waals surface area contributed by atoms with Gasteiger partial charge < -0.3 is 4.74 Å². The van der Waals surface area contributed by atoms with Crippen molar-refractivity contribution in [3.63, 3.8) is 0 Å². The number of rotatable bonds is 5. The van der Waals surface area contributed by atoms with E-state index < -0.39 is 0 Å². The maximum Gasteiger partial charge on any atom is 0.0713 e. The molecule has 0 amide bonds. The summed E-state index contributed by atoms with van der Waals surface area (Å²) in [5, 5.41) is 0. The monoisotopic (exact) mass is 210 g/mol. The maximum atomic E-state index is 5.57. The van der Waals surface area contributed by atoms with Crippen LogP contribution >= 0.6 is 11.6 Å². The van der Waals surface area contributed by atoms with E-state index in [1.807, 2.05) is 0 Å². The van der Waals surface area contributed by atoms with E-state index in [2.05, 4.69) is 36.4 Å². The van der Waals surface area contributed by atoms with Gasteiger partial charge in [0.05, 0.1) is 6.61 Å². The normalized spacial score (nSPS) is 11.0. The fourth-order valence-corrected chi connectivity index (χ4v) is 1.30. The average molecular weight is 211 g/mol. The van der Waals surface area contributed by atoms with Crippen LogP contribution in [0.15, 0.2) is 30.3 Å². The minimum absolute atomic E-state index is 0.672. The lowest BCUT2D eigenvalue weighted by Gasteiger charge is -1.99. The number of hydrogen-bond donors (Lipinski definition) is 0. The highest BCUT2D eigenvalue weighted by Gasteiger charge is 1.90. The zero-order valence-electron chi connectivity index (χ0n) is 8.37. The predicted octanol–water partition coefficient (Wildman–Crippen LogP) is 3.48. The molecule has 1 aromatic carbocycles. The first-order chi connectivity index (χ1) is 6.86. The van der Waals surface area contributed by atoms with Gasteiger partial charge in [0.2, 0.25) is 0 Å². The molecular formula is C12H15ClO. The number of allylic oxidation sites excluding steroid dienone is 1. The van der Waals surface area contributed by atoms with Crippen molar-refractivity contribution in [3.8, 4) is 0 Å². The first-order valence-electron chi connectivity index (χ1n) is 4.67. The molecule has 0 aromatic heterocycles. The van der Waals surface area contributed by atoms with E-state index in [0.717, 1.165) is 6.42 Å². The Balaban J connectivity index is 2.54. The van der Waals surface area contributed by atoms with Crippen LogP contribution in [0.25, 0.3) is 6.08 Å². The summed E-state index contributed by atoms with van der Waals surface area (Å²) in [4.78, 5) is 0. The van der Waals surface area contributed by atoms with Crippen LogP contribution in [-0.2, 0) is 11.3 Å². The maximum absolute atomic E-state index is 5.57. The Bertz CT molecular complexity index is 277. The second-order valence-electron chi connectivity index (χ2n) is 3.05. The Hall–Kier alpha value is -0.790. The van der Waals surface area contributed by atoms with Gasteiger partial charge in [-0.1, -0.05) is 36.4 Å². The molecule has 1 nitrogen and oxygen atoms in total. The number of alkyl halides is 1. The number of ether oxygens (including phenoxy) is 1. The largest absolute Gasteiger partial charge is 0.380 e. The van der Waals surface area contributed by atoms with Crippen molar-refractivity contribution < 1.29 is 4.74 Å². The summed E-state index contributed by atoms with van der Waals surface area (Å²) in [6.07, 6.45) is 5.08. The number of hydrogen-bond acceptors (Lipinski definition) is 1. The van der Waals surface area contributed by atoms with E-state index in [9.17, 15) is 0 Å². The molecule has 0 aliphatic rings. The minimum atomic E-state index is 0.672. The molecule has 76 valence electrons. The highest BCUT2D eigenvalue weighted by atomic mass is 35.5. The highest BCUT2D eigenvalue weighted by Crippen LogP contribution is 2.07. The predicted molar refractivity (Wildman–Crippen MR) is 61.5 cm³/mol. The molecule has 14 heavy (non-hydrogen) atoms. The summed E-state index contributed by atoms with van der Waals surface area (Å²) in [5.41, 5.74) is 2.40. The van der Waals surface area contributed by atoms with Gasteiger partial charge in [-0.3, -0.25) is 0 Å². The third kappa shape index (κ3) is 3.95. The molecule has 0 unspecified atom stereocenters. The Labute approximate surface area is 90.3 Å². The van der Waals surface area contributed by atoms with Crippen molar-refractivity contribution in [2.75, 3.05) is 13.0 Å². The second kappa shape index (κ2) is 6.63. The molecule has 0 heterocycles. The van der Waals surface area contributed by atoms with Gasteiger partial charge in [-0.2, -0.15) is 0 Å². The lowest BCUT2D eigenvalue weighted by molar-refractivity contribution is 0.185. The van der Waals surface area contributed by atoms with E-state index in [1.165, 1.54) is 11.1 Å². The highest BCUT2D eigenvalue weighted by molar-refractivity contribution is 6.17. The number of halogens is 1. The number of benzene rings is 1. The molecule has 0 saturated carbocycles. The standard InChI is InChI=1S/C12H15ClO/c1-14-10-12-7-5-11(6-8-12)4-2-3-9-13/h2,4-8H,3,9-10H2,1H3. The van der Waals surface area contributed by atoms with Gasteiger partial charge in [-0.25, -0.2) is 0 Å². The van der Waals surface area contributed by atoms with Gasteiger partial charge in [0, 0.05) is 13.0 Å². The zero-order chi connectivity index (χ0) is 10.2. The smallest absolute Gasteiger partial charge is 0.0713 e. The molecule has 1 aromatic rings. The quantitative estimate of drug-likeness (QED) is 0.677. The SMILES string of the molecule is COCc1ccc(C=CCCCl)cc1. The Kier molecular flexibility index (Phi) is 5.35. The third-order valence-corrected chi connectivity index (χ3v) is 2.10. The van der Waals surface area contributed by atoms with E-state index in [4.69, 9.17) is 16.3 Å². The van der Waals surface area contributed by atoms with E-state index >= 15 is 0 Å². The molecule has 0 spiro atoms. The lowest BCUT2D eigenvalue weighted by Crippen LogP contribution is -1.86. The molecule has 0 bridgehead atoms. The molecule has 2 heteroatoms. The van der Waals surface area contributed by atoms with E-state index in [0.29, 0.717) is 12.5 Å². The van der Waals surface area contributed by atoms with Crippen molar-refractivity contribution in [1.29, 1.82) is 0 Å². The molecule has 0 fully saturated rings. The zero-order valence-corrected chi connectivity index (χ0v) is 9.13. The summed E-state index contributed by atoms with van der Waals surface area (Å²) < 4.78 is 5.03. The van der Waals surface area contributed by atoms with Crippen LogP contribution in [0.2, 0.25) is 0 Å². The topological polar surface area (TPSA) is 9.23 Å². The third-order valence-electron chi connectivity index (χ3n) is 1.88. The van der Waals surface area contributed by atoms with Crippen LogP contribution in [0.1, 0.15) is 17.5 Å². The fraction of sp³-hybridized carbons (Fsp3) is 0.333. The van der Waals surface area contributed by atoms with Crippen LogP contribution in [-0.4, -0.2) is 13.0 Å². The van der Waals surface area contributed by atoms with Crippen LogP contribution in [0.4, 0.5) is 0 Å². The molecule has 0 saturated heterocycles. The van der Waals surface area contributed by atoms with Crippen molar-refractivity contribution in [2.45, 2.75) is 13.0 Å². The molecular weight excluding hydrogens is 196 g/mol. The summed E-state index contributed by atoms with van der Waals surface area (Å²) in [6.45, 7) is 0.672. The van der Waals surface area contributed by atoms with Crippen molar-refractivity contribution in [2.24, 2.45) is 0 Å². The lowest BCUT2D eigenvalue weighted by atomic mass is 10.1. The first-order valence-corrected chi connectivity index (χ1v) is 5.20. The Morgan fingerprint density at radius 2 is 2.00 bits per heavy atom. The summed E-state index contributed by atoms with van der Waals surface area (Å²) >= 11 is 5.57. The average Bonchev–Trinajstić information content (AvgIpc) is 2.21. The van der Waals surface area contributed by atoms with E-state index in [-0.39, 0.29) is 0 Å². The number of methoxy groups -OCH3 is 1. The first kappa shape index (κ1) is 11.3. The molecule has 1 rings (SSSR count). The Morgan fingerprint density at radius 1 is 1.29 bits per heavy atom. The summed E-state index contributed by atoms with van der Waals surface area (Å²) in [6, 6.07) is 8.31. The van der Waals surface area contributed by atoms with Gasteiger partial charge in [0.25, 0.3) is 0 Å². The molecule has 0 atom stereocenters. The summed E-state index contributed by atoms with van der Waals surface area (Å²) in [7, 11) is 1.70. The Morgan fingerprint density at radius 3 is 2.57 bits per heavy atom. The minimum Gasteiger partial charge on any atom is -0.380 e. The van der Waals surface area contributed by atoms with Crippen LogP contribution in [0.5, 0.6) is 0 Å². The molecule has 0 N–H and O–H groups in total. The van der Waals surface area contributed by atoms with Gasteiger partial charge in [-0.05, 0) is 17.5 Å². The van der Waals surface area contributed by atoms with Crippen LogP contribution in [0.3, 0.4) is 0 Å². The molecule has 0 radical (unpaired) electrons. The van der Waals surface area contributed by atoms with Crippen molar-refractivity contribution in [1.82, 2.24) is 0 Å². The van der Waals surface area contributed by atoms with Gasteiger partial charge in [0.1, 0.15) is 0 Å². The van der Waals surface area contributed by atoms with Crippen molar-refractivity contribution in [3.05, 3.63) is 41.5 Å². The van der Waals surface area contributed by atoms with Crippen LogP contribution in [0, 0.1) is 0 Å². The summed E-state index contributed by atoms with van der Waals surface area (Å²) in [5.74, 6) is 0.679. The van der Waals surface area contributed by atoms with Gasteiger partial charge >= 0.3 is 0 Å². The second-order valence-corrected chi connectivity index (χ2v) is 3.43. The van der Waals surface area contributed by atoms with Crippen LogP contribution < -0.4 is 0 Å². The van der Waals surface area contributed by atoms with Crippen molar-refractivity contribution >= 4 is 17.7 Å². The van der Waals surface area contributed by atoms with Gasteiger partial charge in [0.15, 0.2) is 0 Å².